The smallest absolute Gasteiger partial charge is 0.232 e. The summed E-state index contributed by atoms with van der Waals surface area (Å²) in [5.41, 5.74) is 1.09. The molecular weight excluding hydrogens is 248 g/mol. The fourth-order valence-electron chi connectivity index (χ4n) is 1.16. The molecule has 0 unspecified atom stereocenters. The van der Waals surface area contributed by atoms with Gasteiger partial charge in [0, 0.05) is 5.02 Å². The molecule has 0 heterocycles. The largest absolute Gasteiger partial charge is 0.282 e. The summed E-state index contributed by atoms with van der Waals surface area (Å²) < 4.78 is 25.1. The lowest BCUT2D eigenvalue weighted by Gasteiger charge is -2.10. The molecule has 0 atom stereocenters. The van der Waals surface area contributed by atoms with E-state index in [0.29, 0.717) is 10.6 Å². The van der Waals surface area contributed by atoms with Gasteiger partial charge in [0.05, 0.1) is 17.0 Å². The van der Waals surface area contributed by atoms with Gasteiger partial charge in [0.15, 0.2) is 0 Å². The maximum atomic E-state index is 11.4. The van der Waals surface area contributed by atoms with Crippen molar-refractivity contribution in [3.8, 4) is 6.07 Å². The zero-order valence-electron chi connectivity index (χ0n) is 8.91. The van der Waals surface area contributed by atoms with Crippen LogP contribution in [0.1, 0.15) is 18.1 Å². The highest BCUT2D eigenvalue weighted by molar-refractivity contribution is 7.92. The lowest BCUT2D eigenvalue weighted by atomic mass is 10.1. The number of sulfonamides is 1. The van der Waals surface area contributed by atoms with E-state index in [1.807, 2.05) is 6.07 Å². The minimum atomic E-state index is -3.38. The van der Waals surface area contributed by atoms with Crippen molar-refractivity contribution in [1.82, 2.24) is 0 Å². The summed E-state index contributed by atoms with van der Waals surface area (Å²) in [7, 11) is -3.38. The normalized spacial score (nSPS) is 10.9. The molecule has 16 heavy (non-hydrogen) atoms. The van der Waals surface area contributed by atoms with E-state index >= 15 is 0 Å². The Morgan fingerprint density at radius 2 is 2.12 bits per heavy atom. The molecular formula is C10H11ClN2O2S. The molecule has 0 spiro atoms. The topological polar surface area (TPSA) is 70.0 Å². The van der Waals surface area contributed by atoms with Gasteiger partial charge in [-0.1, -0.05) is 11.6 Å². The number of anilines is 1. The lowest BCUT2D eigenvalue weighted by Crippen LogP contribution is -2.15. The molecule has 6 heteroatoms. The van der Waals surface area contributed by atoms with E-state index in [2.05, 4.69) is 4.72 Å². The summed E-state index contributed by atoms with van der Waals surface area (Å²) in [4.78, 5) is 0. The molecule has 0 amide bonds. The zero-order valence-corrected chi connectivity index (χ0v) is 10.5. The van der Waals surface area contributed by atoms with Crippen LogP contribution in [0.4, 0.5) is 5.69 Å². The van der Waals surface area contributed by atoms with Gasteiger partial charge in [0.2, 0.25) is 10.0 Å². The van der Waals surface area contributed by atoms with Crippen LogP contribution in [0.3, 0.4) is 0 Å². The van der Waals surface area contributed by atoms with E-state index in [9.17, 15) is 8.42 Å². The van der Waals surface area contributed by atoms with Crippen LogP contribution in [-0.2, 0) is 10.0 Å². The van der Waals surface area contributed by atoms with Crippen molar-refractivity contribution >= 4 is 27.3 Å². The molecule has 0 aliphatic heterocycles. The maximum absolute atomic E-state index is 11.4. The number of nitriles is 1. The summed E-state index contributed by atoms with van der Waals surface area (Å²) in [6.07, 6.45) is 0. The minimum Gasteiger partial charge on any atom is -0.282 e. The Balaban J connectivity index is 3.27. The van der Waals surface area contributed by atoms with E-state index in [-0.39, 0.29) is 17.0 Å². The monoisotopic (exact) mass is 258 g/mol. The standard InChI is InChI=1S/C10H11ClN2O2S/c1-3-16(14,15)13-10-5-4-9(11)7(2)8(10)6-12/h4-5,13H,3H2,1-2H3. The molecule has 0 saturated carbocycles. The first-order chi connectivity index (χ1) is 7.41. The Morgan fingerprint density at radius 3 is 2.62 bits per heavy atom. The first-order valence-corrected chi connectivity index (χ1v) is 6.64. The molecule has 0 aliphatic rings. The third-order valence-electron chi connectivity index (χ3n) is 2.16. The number of nitrogens with zero attached hydrogens (tertiary/aromatic N) is 1. The van der Waals surface area contributed by atoms with Crippen LogP contribution in [0.25, 0.3) is 0 Å². The van der Waals surface area contributed by atoms with Crippen LogP contribution in [0.15, 0.2) is 12.1 Å². The molecule has 4 nitrogen and oxygen atoms in total. The van der Waals surface area contributed by atoms with Crippen molar-refractivity contribution in [1.29, 1.82) is 5.26 Å². The molecule has 1 aromatic carbocycles. The van der Waals surface area contributed by atoms with Crippen LogP contribution >= 0.6 is 11.6 Å². The third-order valence-corrected chi connectivity index (χ3v) is 3.86. The van der Waals surface area contributed by atoms with Crippen LogP contribution in [0, 0.1) is 18.3 Å². The predicted octanol–water partition coefficient (Wildman–Crippen LogP) is 2.28. The van der Waals surface area contributed by atoms with Crippen molar-refractivity contribution in [3.05, 3.63) is 28.3 Å². The number of benzene rings is 1. The Morgan fingerprint density at radius 1 is 1.50 bits per heavy atom. The molecule has 0 aromatic heterocycles. The number of nitrogens with one attached hydrogen (secondary N) is 1. The van der Waals surface area contributed by atoms with E-state index in [0.717, 1.165) is 0 Å². The van der Waals surface area contributed by atoms with Gasteiger partial charge < -0.3 is 0 Å². The molecule has 0 radical (unpaired) electrons. The van der Waals surface area contributed by atoms with Crippen LogP contribution < -0.4 is 4.72 Å². The van der Waals surface area contributed by atoms with Crippen LogP contribution in [0.2, 0.25) is 5.02 Å². The molecule has 0 aliphatic carbocycles. The zero-order chi connectivity index (χ0) is 12.3. The van der Waals surface area contributed by atoms with E-state index in [1.54, 1.807) is 13.0 Å². The number of hydrogen-bond donors (Lipinski definition) is 1. The first kappa shape index (κ1) is 12.8. The molecule has 0 bridgehead atoms. The van der Waals surface area contributed by atoms with Crippen molar-refractivity contribution in [3.63, 3.8) is 0 Å². The number of halogens is 1. The van der Waals surface area contributed by atoms with Crippen LogP contribution in [-0.4, -0.2) is 14.2 Å². The Kier molecular flexibility index (Phi) is 3.79. The van der Waals surface area contributed by atoms with E-state index < -0.39 is 10.0 Å². The second-order valence-electron chi connectivity index (χ2n) is 3.21. The van der Waals surface area contributed by atoms with Gasteiger partial charge in [-0.25, -0.2) is 8.42 Å². The van der Waals surface area contributed by atoms with Gasteiger partial charge >= 0.3 is 0 Å². The van der Waals surface area contributed by atoms with Crippen molar-refractivity contribution in [2.24, 2.45) is 0 Å². The maximum Gasteiger partial charge on any atom is 0.232 e. The summed E-state index contributed by atoms with van der Waals surface area (Å²) in [5, 5.41) is 9.39. The summed E-state index contributed by atoms with van der Waals surface area (Å²) in [6, 6.07) is 4.99. The third kappa shape index (κ3) is 2.65. The second-order valence-corrected chi connectivity index (χ2v) is 5.63. The van der Waals surface area contributed by atoms with Gasteiger partial charge in [0.1, 0.15) is 6.07 Å². The highest BCUT2D eigenvalue weighted by atomic mass is 35.5. The molecule has 86 valence electrons. The average molecular weight is 259 g/mol. The highest BCUT2D eigenvalue weighted by Gasteiger charge is 2.13. The SMILES string of the molecule is CCS(=O)(=O)Nc1ccc(Cl)c(C)c1C#N. The average Bonchev–Trinajstić information content (AvgIpc) is 2.24. The number of rotatable bonds is 3. The van der Waals surface area contributed by atoms with Gasteiger partial charge in [0.25, 0.3) is 0 Å². The predicted molar refractivity (Wildman–Crippen MR) is 64.0 cm³/mol. The number of hydrogen-bond acceptors (Lipinski definition) is 3. The molecule has 1 aromatic rings. The Bertz CT molecular complexity index is 547. The fraction of sp³-hybridized carbons (Fsp3) is 0.300. The summed E-state index contributed by atoms with van der Waals surface area (Å²) in [6.45, 7) is 3.20. The Labute approximate surface area is 99.9 Å². The van der Waals surface area contributed by atoms with Gasteiger partial charge in [-0.2, -0.15) is 5.26 Å². The molecule has 0 fully saturated rings. The highest BCUT2D eigenvalue weighted by Crippen LogP contribution is 2.26. The summed E-state index contributed by atoms with van der Waals surface area (Å²) in [5.74, 6) is -0.0421. The minimum absolute atomic E-state index is 0.0421. The van der Waals surface area contributed by atoms with Crippen molar-refractivity contribution in [2.45, 2.75) is 13.8 Å². The van der Waals surface area contributed by atoms with Gasteiger partial charge in [-0.05, 0) is 31.5 Å². The Hall–Kier alpha value is -1.25. The lowest BCUT2D eigenvalue weighted by molar-refractivity contribution is 0.602. The molecule has 1 rings (SSSR count). The van der Waals surface area contributed by atoms with Crippen molar-refractivity contribution in [2.75, 3.05) is 10.5 Å². The second kappa shape index (κ2) is 4.73. The molecule has 0 saturated heterocycles. The molecule has 1 N–H and O–H groups in total. The fourth-order valence-corrected chi connectivity index (χ4v) is 1.96. The summed E-state index contributed by atoms with van der Waals surface area (Å²) >= 11 is 5.84. The quantitative estimate of drug-likeness (QED) is 0.904. The first-order valence-electron chi connectivity index (χ1n) is 4.61. The van der Waals surface area contributed by atoms with E-state index in [4.69, 9.17) is 16.9 Å². The van der Waals surface area contributed by atoms with E-state index in [1.165, 1.54) is 13.0 Å². The van der Waals surface area contributed by atoms with Crippen molar-refractivity contribution < 1.29 is 8.42 Å². The van der Waals surface area contributed by atoms with Crippen LogP contribution in [0.5, 0.6) is 0 Å². The van der Waals surface area contributed by atoms with Gasteiger partial charge in [-0.3, -0.25) is 4.72 Å². The van der Waals surface area contributed by atoms with Gasteiger partial charge in [-0.15, -0.1) is 0 Å².